The molecule has 0 spiro atoms. The second-order valence-electron chi connectivity index (χ2n) is 2.84. The van der Waals surface area contributed by atoms with E-state index in [1.165, 1.54) is 0 Å². The minimum atomic E-state index is -0.0367. The molecule has 3 heteroatoms. The first-order valence-corrected chi connectivity index (χ1v) is 4.55. The maximum atomic E-state index is 8.82. The van der Waals surface area contributed by atoms with E-state index in [1.807, 2.05) is 0 Å². The standard InChI is InChI=1S/C10H15NO2/c1-2-3-6-13-10-4-5-11-9(7-10)8-12/h4-5,7,12H,2-3,6,8H2,1H3. The molecular weight excluding hydrogens is 166 g/mol. The van der Waals surface area contributed by atoms with E-state index in [9.17, 15) is 0 Å². The highest BCUT2D eigenvalue weighted by molar-refractivity contribution is 5.22. The Morgan fingerprint density at radius 2 is 2.38 bits per heavy atom. The van der Waals surface area contributed by atoms with Crippen molar-refractivity contribution in [2.24, 2.45) is 0 Å². The summed E-state index contributed by atoms with van der Waals surface area (Å²) in [4.78, 5) is 3.96. The molecule has 0 aliphatic rings. The molecule has 0 aliphatic carbocycles. The van der Waals surface area contributed by atoms with Gasteiger partial charge in [0.15, 0.2) is 0 Å². The molecule has 1 N–H and O–H groups in total. The maximum Gasteiger partial charge on any atom is 0.122 e. The van der Waals surface area contributed by atoms with Gasteiger partial charge in [-0.2, -0.15) is 0 Å². The lowest BCUT2D eigenvalue weighted by atomic mass is 10.3. The van der Waals surface area contributed by atoms with Crippen molar-refractivity contribution >= 4 is 0 Å². The third kappa shape index (κ3) is 3.42. The molecule has 0 fully saturated rings. The van der Waals surface area contributed by atoms with Crippen LogP contribution in [-0.4, -0.2) is 16.7 Å². The number of nitrogens with zero attached hydrogens (tertiary/aromatic N) is 1. The summed E-state index contributed by atoms with van der Waals surface area (Å²) < 4.78 is 5.44. The monoisotopic (exact) mass is 181 g/mol. The van der Waals surface area contributed by atoms with Crippen molar-refractivity contribution in [3.8, 4) is 5.75 Å². The highest BCUT2D eigenvalue weighted by Gasteiger charge is 1.95. The molecule has 0 amide bonds. The zero-order valence-electron chi connectivity index (χ0n) is 7.86. The molecule has 1 aromatic rings. The Labute approximate surface area is 78.4 Å². The zero-order chi connectivity index (χ0) is 9.52. The zero-order valence-corrected chi connectivity index (χ0v) is 7.86. The number of hydrogen-bond donors (Lipinski definition) is 1. The first-order chi connectivity index (χ1) is 6.36. The van der Waals surface area contributed by atoms with E-state index >= 15 is 0 Å². The molecule has 0 atom stereocenters. The van der Waals surface area contributed by atoms with Crippen LogP contribution >= 0.6 is 0 Å². The number of ether oxygens (including phenoxy) is 1. The smallest absolute Gasteiger partial charge is 0.122 e. The summed E-state index contributed by atoms with van der Waals surface area (Å²) >= 11 is 0. The van der Waals surface area contributed by atoms with Crippen LogP contribution in [0, 0.1) is 0 Å². The number of aromatic nitrogens is 1. The summed E-state index contributed by atoms with van der Waals surface area (Å²) in [6, 6.07) is 3.56. The van der Waals surface area contributed by atoms with E-state index in [0.717, 1.165) is 25.2 Å². The van der Waals surface area contributed by atoms with Crippen molar-refractivity contribution in [3.63, 3.8) is 0 Å². The van der Waals surface area contributed by atoms with E-state index < -0.39 is 0 Å². The first kappa shape index (κ1) is 9.99. The van der Waals surface area contributed by atoms with Crippen LogP contribution in [0.25, 0.3) is 0 Å². The fraction of sp³-hybridized carbons (Fsp3) is 0.500. The molecule has 3 nitrogen and oxygen atoms in total. The fourth-order valence-electron chi connectivity index (χ4n) is 0.967. The molecule has 0 unspecified atom stereocenters. The van der Waals surface area contributed by atoms with Gasteiger partial charge in [-0.3, -0.25) is 4.98 Å². The largest absolute Gasteiger partial charge is 0.493 e. The molecule has 0 saturated heterocycles. The third-order valence-electron chi connectivity index (χ3n) is 1.72. The van der Waals surface area contributed by atoms with Crippen molar-refractivity contribution in [2.45, 2.75) is 26.4 Å². The van der Waals surface area contributed by atoms with E-state index in [-0.39, 0.29) is 6.61 Å². The molecule has 72 valence electrons. The van der Waals surface area contributed by atoms with Crippen LogP contribution in [0.5, 0.6) is 5.75 Å². The average Bonchev–Trinajstić information content (AvgIpc) is 2.19. The summed E-state index contributed by atoms with van der Waals surface area (Å²) in [5.41, 5.74) is 0.647. The molecular formula is C10H15NO2. The van der Waals surface area contributed by atoms with Crippen molar-refractivity contribution in [2.75, 3.05) is 6.61 Å². The lowest BCUT2D eigenvalue weighted by molar-refractivity contribution is 0.273. The summed E-state index contributed by atoms with van der Waals surface area (Å²) in [7, 11) is 0. The Kier molecular flexibility index (Phi) is 4.26. The Morgan fingerprint density at radius 1 is 1.54 bits per heavy atom. The molecule has 13 heavy (non-hydrogen) atoms. The molecule has 1 heterocycles. The summed E-state index contributed by atoms with van der Waals surface area (Å²) in [6.45, 7) is 2.81. The van der Waals surface area contributed by atoms with Crippen LogP contribution in [0.1, 0.15) is 25.5 Å². The highest BCUT2D eigenvalue weighted by Crippen LogP contribution is 2.11. The number of aliphatic hydroxyl groups is 1. The van der Waals surface area contributed by atoms with E-state index in [2.05, 4.69) is 11.9 Å². The van der Waals surface area contributed by atoms with Crippen LogP contribution in [0.4, 0.5) is 0 Å². The van der Waals surface area contributed by atoms with Crippen molar-refractivity contribution in [3.05, 3.63) is 24.0 Å². The van der Waals surface area contributed by atoms with Gasteiger partial charge in [-0.05, 0) is 12.5 Å². The minimum Gasteiger partial charge on any atom is -0.493 e. The Balaban J connectivity index is 2.46. The number of unbranched alkanes of at least 4 members (excludes halogenated alkanes) is 1. The summed E-state index contributed by atoms with van der Waals surface area (Å²) in [6.07, 6.45) is 3.82. The van der Waals surface area contributed by atoms with Crippen molar-refractivity contribution in [1.82, 2.24) is 4.98 Å². The molecule has 0 saturated carbocycles. The van der Waals surface area contributed by atoms with Crippen LogP contribution in [0.3, 0.4) is 0 Å². The Bertz CT molecular complexity index is 250. The fourth-order valence-corrected chi connectivity index (χ4v) is 0.967. The van der Waals surface area contributed by atoms with Gasteiger partial charge in [0.1, 0.15) is 5.75 Å². The normalized spacial score (nSPS) is 10.0. The van der Waals surface area contributed by atoms with E-state index in [0.29, 0.717) is 5.69 Å². The second kappa shape index (κ2) is 5.54. The highest BCUT2D eigenvalue weighted by atomic mass is 16.5. The average molecular weight is 181 g/mol. The Hall–Kier alpha value is -1.09. The van der Waals surface area contributed by atoms with Crippen LogP contribution in [-0.2, 0) is 6.61 Å². The summed E-state index contributed by atoms with van der Waals surface area (Å²) in [5.74, 6) is 0.785. The van der Waals surface area contributed by atoms with Gasteiger partial charge in [0.25, 0.3) is 0 Å². The lowest BCUT2D eigenvalue weighted by Gasteiger charge is -2.05. The first-order valence-electron chi connectivity index (χ1n) is 4.55. The minimum absolute atomic E-state index is 0.0367. The SMILES string of the molecule is CCCCOc1ccnc(CO)c1. The quantitative estimate of drug-likeness (QED) is 0.704. The second-order valence-corrected chi connectivity index (χ2v) is 2.84. The molecule has 0 aliphatic heterocycles. The summed E-state index contributed by atoms with van der Waals surface area (Å²) in [5, 5.41) is 8.82. The molecule has 1 aromatic heterocycles. The molecule has 0 radical (unpaired) electrons. The van der Waals surface area contributed by atoms with Gasteiger partial charge >= 0.3 is 0 Å². The van der Waals surface area contributed by atoms with Gasteiger partial charge in [-0.15, -0.1) is 0 Å². The molecule has 1 rings (SSSR count). The van der Waals surface area contributed by atoms with Crippen molar-refractivity contribution in [1.29, 1.82) is 0 Å². The topological polar surface area (TPSA) is 42.4 Å². The number of hydrogen-bond acceptors (Lipinski definition) is 3. The number of rotatable bonds is 5. The van der Waals surface area contributed by atoms with Gasteiger partial charge < -0.3 is 9.84 Å². The Morgan fingerprint density at radius 3 is 3.08 bits per heavy atom. The maximum absolute atomic E-state index is 8.82. The van der Waals surface area contributed by atoms with Gasteiger partial charge in [0, 0.05) is 12.3 Å². The predicted octanol–water partition coefficient (Wildman–Crippen LogP) is 1.75. The van der Waals surface area contributed by atoms with Gasteiger partial charge in [0.05, 0.1) is 18.9 Å². The molecule has 0 aromatic carbocycles. The van der Waals surface area contributed by atoms with E-state index in [4.69, 9.17) is 9.84 Å². The van der Waals surface area contributed by atoms with Crippen LogP contribution < -0.4 is 4.74 Å². The van der Waals surface area contributed by atoms with Crippen molar-refractivity contribution < 1.29 is 9.84 Å². The number of pyridine rings is 1. The predicted molar refractivity (Wildman–Crippen MR) is 50.6 cm³/mol. The van der Waals surface area contributed by atoms with Crippen LogP contribution in [0.2, 0.25) is 0 Å². The van der Waals surface area contributed by atoms with E-state index in [1.54, 1.807) is 18.3 Å². The van der Waals surface area contributed by atoms with Gasteiger partial charge in [-0.25, -0.2) is 0 Å². The van der Waals surface area contributed by atoms with Gasteiger partial charge in [-0.1, -0.05) is 13.3 Å². The number of aliphatic hydroxyl groups excluding tert-OH is 1. The molecule has 0 bridgehead atoms. The lowest BCUT2D eigenvalue weighted by Crippen LogP contribution is -1.97. The van der Waals surface area contributed by atoms with Crippen LogP contribution in [0.15, 0.2) is 18.3 Å². The van der Waals surface area contributed by atoms with Gasteiger partial charge in [0.2, 0.25) is 0 Å². The third-order valence-corrected chi connectivity index (χ3v) is 1.72.